The normalized spacial score (nSPS) is 11.4. The molecule has 0 aliphatic carbocycles. The summed E-state index contributed by atoms with van der Waals surface area (Å²) in [6, 6.07) is 21.5. The first-order chi connectivity index (χ1) is 15.8. The lowest BCUT2D eigenvalue weighted by molar-refractivity contribution is 0.102. The summed E-state index contributed by atoms with van der Waals surface area (Å²) in [6.07, 6.45) is 0. The molecule has 0 spiro atoms. The Kier molecular flexibility index (Phi) is 6.05. The molecule has 0 bridgehead atoms. The highest BCUT2D eigenvalue weighted by Gasteiger charge is 2.15. The molecule has 5 nitrogen and oxygen atoms in total. The first-order valence-electron chi connectivity index (χ1n) is 11.0. The molecule has 1 heterocycles. The van der Waals surface area contributed by atoms with E-state index in [0.717, 1.165) is 5.56 Å². The van der Waals surface area contributed by atoms with Gasteiger partial charge in [0.1, 0.15) is 17.1 Å². The molecule has 4 rings (SSSR count). The molecule has 0 fully saturated rings. The second-order valence-electron chi connectivity index (χ2n) is 8.90. The van der Waals surface area contributed by atoms with Gasteiger partial charge in [0.2, 0.25) is 0 Å². The minimum atomic E-state index is -0.227. The number of amides is 1. The van der Waals surface area contributed by atoms with Crippen LogP contribution in [0.5, 0.6) is 5.75 Å². The zero-order valence-electron chi connectivity index (χ0n) is 19.3. The van der Waals surface area contributed by atoms with Crippen LogP contribution in [0.15, 0.2) is 82.0 Å². The fourth-order valence-electron chi connectivity index (χ4n) is 3.64. The molecular weight excluding hydrogens is 414 g/mol. The maximum absolute atomic E-state index is 12.8. The molecule has 0 saturated carbocycles. The van der Waals surface area contributed by atoms with Gasteiger partial charge in [-0.05, 0) is 54.3 Å². The summed E-state index contributed by atoms with van der Waals surface area (Å²) >= 11 is 0. The van der Waals surface area contributed by atoms with Crippen molar-refractivity contribution in [2.75, 3.05) is 11.9 Å². The van der Waals surface area contributed by atoms with Crippen molar-refractivity contribution in [3.05, 3.63) is 94.1 Å². The van der Waals surface area contributed by atoms with Crippen molar-refractivity contribution in [3.63, 3.8) is 0 Å². The fourth-order valence-corrected chi connectivity index (χ4v) is 3.64. The number of rotatable bonds is 5. The summed E-state index contributed by atoms with van der Waals surface area (Å²) in [4.78, 5) is 25.5. The fraction of sp³-hybridized carbons (Fsp3) is 0.214. The van der Waals surface area contributed by atoms with Crippen molar-refractivity contribution in [3.8, 4) is 17.1 Å². The predicted molar refractivity (Wildman–Crippen MR) is 132 cm³/mol. The summed E-state index contributed by atoms with van der Waals surface area (Å²) in [6.45, 7) is 8.80. The van der Waals surface area contributed by atoms with Crippen molar-refractivity contribution in [2.45, 2.75) is 33.1 Å². The van der Waals surface area contributed by atoms with Crippen molar-refractivity contribution >= 4 is 22.6 Å². The molecule has 168 valence electrons. The first kappa shape index (κ1) is 22.3. The third kappa shape index (κ3) is 4.82. The van der Waals surface area contributed by atoms with E-state index < -0.39 is 0 Å². The van der Waals surface area contributed by atoms with Crippen LogP contribution in [0.4, 0.5) is 5.69 Å². The Morgan fingerprint density at radius 1 is 0.970 bits per heavy atom. The number of hydrogen-bond donors (Lipinski definition) is 1. The molecule has 1 N–H and O–H groups in total. The van der Waals surface area contributed by atoms with E-state index in [9.17, 15) is 9.59 Å². The molecule has 1 aromatic heterocycles. The monoisotopic (exact) mass is 441 g/mol. The van der Waals surface area contributed by atoms with Crippen LogP contribution < -0.4 is 15.5 Å². The maximum atomic E-state index is 12.8. The summed E-state index contributed by atoms with van der Waals surface area (Å²) < 4.78 is 11.7. The number of ether oxygens (including phenoxy) is 1. The van der Waals surface area contributed by atoms with Crippen LogP contribution in [0.1, 0.15) is 43.6 Å². The minimum Gasteiger partial charge on any atom is -0.493 e. The van der Waals surface area contributed by atoms with E-state index >= 15 is 0 Å². The zero-order chi connectivity index (χ0) is 23.6. The zero-order valence-corrected chi connectivity index (χ0v) is 19.3. The van der Waals surface area contributed by atoms with E-state index in [-0.39, 0.29) is 16.8 Å². The predicted octanol–water partition coefficient (Wildman–Crippen LogP) is 6.41. The quantitative estimate of drug-likeness (QED) is 0.389. The van der Waals surface area contributed by atoms with Gasteiger partial charge in [-0.1, -0.05) is 45.0 Å². The summed E-state index contributed by atoms with van der Waals surface area (Å²) in [5, 5.41) is 3.34. The third-order valence-corrected chi connectivity index (χ3v) is 5.45. The van der Waals surface area contributed by atoms with E-state index in [1.807, 2.05) is 55.5 Å². The average Bonchev–Trinajstić information content (AvgIpc) is 2.79. The third-order valence-electron chi connectivity index (χ3n) is 5.45. The standard InChI is InChI=1S/C28H27NO4/c1-5-32-24-9-7-6-8-22(24)26-17-23(30)21-15-14-20(16-25(21)33-26)29-27(31)18-10-12-19(13-11-18)28(2,3)4/h6-17H,5H2,1-4H3,(H,29,31). The SMILES string of the molecule is CCOc1ccccc1-c1cc(=O)c2ccc(NC(=O)c3ccc(C(C)(C)C)cc3)cc2o1. The lowest BCUT2D eigenvalue weighted by Crippen LogP contribution is -2.14. The van der Waals surface area contributed by atoms with Gasteiger partial charge in [-0.3, -0.25) is 9.59 Å². The van der Waals surface area contributed by atoms with Crippen molar-refractivity contribution in [1.82, 2.24) is 0 Å². The highest BCUT2D eigenvalue weighted by atomic mass is 16.5. The number of benzene rings is 3. The molecule has 0 aliphatic heterocycles. The molecule has 5 heteroatoms. The first-order valence-corrected chi connectivity index (χ1v) is 11.0. The van der Waals surface area contributed by atoms with E-state index in [4.69, 9.17) is 9.15 Å². The second-order valence-corrected chi connectivity index (χ2v) is 8.90. The Morgan fingerprint density at radius 3 is 2.39 bits per heavy atom. The highest BCUT2D eigenvalue weighted by molar-refractivity contribution is 6.05. The largest absolute Gasteiger partial charge is 0.493 e. The average molecular weight is 442 g/mol. The Labute approximate surface area is 193 Å². The number of hydrogen-bond acceptors (Lipinski definition) is 4. The van der Waals surface area contributed by atoms with E-state index in [1.54, 1.807) is 18.2 Å². The maximum Gasteiger partial charge on any atom is 0.255 e. The van der Waals surface area contributed by atoms with Crippen LogP contribution in [0.2, 0.25) is 0 Å². The molecule has 0 atom stereocenters. The second kappa shape index (κ2) is 8.94. The molecule has 0 radical (unpaired) electrons. The van der Waals surface area contributed by atoms with Crippen LogP contribution in [-0.4, -0.2) is 12.5 Å². The van der Waals surface area contributed by atoms with Gasteiger partial charge in [0.15, 0.2) is 5.43 Å². The number of nitrogens with one attached hydrogen (secondary N) is 1. The van der Waals surface area contributed by atoms with Crippen molar-refractivity contribution in [2.24, 2.45) is 0 Å². The number of carbonyl (C=O) groups excluding carboxylic acids is 1. The molecule has 4 aromatic rings. The Hall–Kier alpha value is -3.86. The lowest BCUT2D eigenvalue weighted by Gasteiger charge is -2.19. The van der Waals surface area contributed by atoms with Gasteiger partial charge in [0.25, 0.3) is 5.91 Å². The van der Waals surface area contributed by atoms with Gasteiger partial charge in [-0.2, -0.15) is 0 Å². The topological polar surface area (TPSA) is 68.5 Å². The molecule has 0 unspecified atom stereocenters. The number of fused-ring (bicyclic) bond motifs is 1. The summed E-state index contributed by atoms with van der Waals surface area (Å²) in [5.74, 6) is 0.832. The van der Waals surface area contributed by atoms with Gasteiger partial charge >= 0.3 is 0 Å². The van der Waals surface area contributed by atoms with Crippen LogP contribution in [-0.2, 0) is 5.41 Å². The number of carbonyl (C=O) groups is 1. The lowest BCUT2D eigenvalue weighted by atomic mass is 9.87. The minimum absolute atomic E-state index is 0.0173. The molecule has 33 heavy (non-hydrogen) atoms. The Bertz CT molecular complexity index is 1360. The van der Waals surface area contributed by atoms with Crippen LogP contribution >= 0.6 is 0 Å². The van der Waals surface area contributed by atoms with E-state index in [0.29, 0.717) is 45.9 Å². The number of para-hydroxylation sites is 1. The van der Waals surface area contributed by atoms with Gasteiger partial charge < -0.3 is 14.5 Å². The molecule has 1 amide bonds. The van der Waals surface area contributed by atoms with Gasteiger partial charge in [-0.25, -0.2) is 0 Å². The number of anilines is 1. The molecule has 3 aromatic carbocycles. The van der Waals surface area contributed by atoms with Gasteiger partial charge in [-0.15, -0.1) is 0 Å². The molecular formula is C28H27NO4. The van der Waals surface area contributed by atoms with Crippen LogP contribution in [0.3, 0.4) is 0 Å². The van der Waals surface area contributed by atoms with Gasteiger partial charge in [0.05, 0.1) is 17.6 Å². The van der Waals surface area contributed by atoms with E-state index in [1.165, 1.54) is 6.07 Å². The summed E-state index contributed by atoms with van der Waals surface area (Å²) in [5.41, 5.74) is 3.22. The Balaban J connectivity index is 1.65. The highest BCUT2D eigenvalue weighted by Crippen LogP contribution is 2.31. The van der Waals surface area contributed by atoms with Crippen LogP contribution in [0, 0.1) is 0 Å². The van der Waals surface area contributed by atoms with Crippen molar-refractivity contribution in [1.29, 1.82) is 0 Å². The Morgan fingerprint density at radius 2 is 1.70 bits per heavy atom. The van der Waals surface area contributed by atoms with Gasteiger partial charge in [0, 0.05) is 23.4 Å². The molecule has 0 aliphatic rings. The molecule has 0 saturated heterocycles. The van der Waals surface area contributed by atoms with E-state index in [2.05, 4.69) is 26.1 Å². The summed E-state index contributed by atoms with van der Waals surface area (Å²) in [7, 11) is 0. The van der Waals surface area contributed by atoms with Crippen LogP contribution in [0.25, 0.3) is 22.3 Å². The van der Waals surface area contributed by atoms with Crippen molar-refractivity contribution < 1.29 is 13.9 Å². The smallest absolute Gasteiger partial charge is 0.255 e.